The number of aromatic nitrogens is 5. The molecule has 2 saturated heterocycles. The monoisotopic (exact) mass is 617 g/mol. The molecule has 10 nitrogen and oxygen atoms in total. The lowest BCUT2D eigenvalue weighted by atomic mass is 9.79. The molecule has 2 atom stereocenters. The molecule has 0 spiro atoms. The first-order valence-electron chi connectivity index (χ1n) is 16.0. The van der Waals surface area contributed by atoms with Crippen molar-refractivity contribution < 1.29 is 9.90 Å². The van der Waals surface area contributed by atoms with Crippen LogP contribution in [0.3, 0.4) is 0 Å². The van der Waals surface area contributed by atoms with E-state index in [4.69, 9.17) is 0 Å². The molecule has 2 aliphatic rings. The molecule has 0 saturated carbocycles. The molecule has 236 valence electrons. The van der Waals surface area contributed by atoms with Crippen molar-refractivity contribution in [3.05, 3.63) is 119 Å². The quantitative estimate of drug-likeness (QED) is 0.295. The van der Waals surface area contributed by atoms with E-state index >= 15 is 0 Å². The standard InChI is InChI=1S/C36H39N7O3/c1-26-20-37-21-28(39-26)22-40-16-12-30(32(23-40)27-8-4-2-5-9-27)34(44)41-18-14-36(46,15-19-41)24-42-25-38-33-31(35(42)45)13-17-43(33)29-10-6-3-7-11-29/h2-11,13,17,20-21,25,30,32,46H,12,14-16,18-19,22-24H2,1H3/t30-,32+/m1/s1. The van der Waals surface area contributed by atoms with Crippen LogP contribution in [0.1, 0.15) is 42.1 Å². The molecule has 5 heterocycles. The van der Waals surface area contributed by atoms with Gasteiger partial charge < -0.3 is 14.6 Å². The Hall–Kier alpha value is -4.67. The van der Waals surface area contributed by atoms with Crippen molar-refractivity contribution in [3.63, 3.8) is 0 Å². The summed E-state index contributed by atoms with van der Waals surface area (Å²) in [5.74, 6) is 0.0605. The number of hydrogen-bond donors (Lipinski definition) is 1. The number of aryl methyl sites for hydroxylation is 1. The Bertz CT molecular complexity index is 1880. The van der Waals surface area contributed by atoms with Gasteiger partial charge in [0.25, 0.3) is 5.56 Å². The number of hydrogen-bond acceptors (Lipinski definition) is 7. The summed E-state index contributed by atoms with van der Waals surface area (Å²) >= 11 is 0. The lowest BCUT2D eigenvalue weighted by Gasteiger charge is -2.43. The highest BCUT2D eigenvalue weighted by Crippen LogP contribution is 2.36. The SMILES string of the molecule is Cc1cncc(CN2CC[C@@H](C(=O)N3CCC(O)(Cn4cnc5c(ccn5-c5ccccc5)c4=O)CC3)[C@H](c3ccccc3)C2)n1. The number of para-hydroxylation sites is 1. The van der Waals surface area contributed by atoms with Gasteiger partial charge in [0.05, 0.1) is 28.9 Å². The molecule has 7 rings (SSSR count). The van der Waals surface area contributed by atoms with E-state index in [2.05, 4.69) is 32.0 Å². The molecular weight excluding hydrogens is 578 g/mol. The normalized spacial score (nSPS) is 20.2. The lowest BCUT2D eigenvalue weighted by molar-refractivity contribution is -0.142. The van der Waals surface area contributed by atoms with Crippen LogP contribution >= 0.6 is 0 Å². The minimum atomic E-state index is -1.10. The van der Waals surface area contributed by atoms with Crippen LogP contribution in [-0.2, 0) is 17.9 Å². The van der Waals surface area contributed by atoms with E-state index in [0.29, 0.717) is 43.5 Å². The average Bonchev–Trinajstić information content (AvgIpc) is 3.52. The molecule has 0 radical (unpaired) electrons. The number of fused-ring (bicyclic) bond motifs is 1. The summed E-state index contributed by atoms with van der Waals surface area (Å²) in [6.07, 6.45) is 8.51. The van der Waals surface area contributed by atoms with E-state index in [1.807, 2.05) is 77.3 Å². The largest absolute Gasteiger partial charge is 0.388 e. The Morgan fingerprint density at radius 1 is 0.978 bits per heavy atom. The van der Waals surface area contributed by atoms with Gasteiger partial charge in [-0.1, -0.05) is 48.5 Å². The van der Waals surface area contributed by atoms with Gasteiger partial charge in [0.2, 0.25) is 5.91 Å². The number of amides is 1. The third kappa shape index (κ3) is 6.10. The number of piperidine rings is 2. The Kier molecular flexibility index (Phi) is 8.23. The van der Waals surface area contributed by atoms with Crippen LogP contribution in [-0.4, -0.2) is 76.7 Å². The number of carbonyl (C=O) groups excluding carboxylic acids is 1. The van der Waals surface area contributed by atoms with Crippen molar-refractivity contribution in [2.45, 2.75) is 50.8 Å². The maximum Gasteiger partial charge on any atom is 0.262 e. The number of rotatable bonds is 7. The molecular formula is C36H39N7O3. The van der Waals surface area contributed by atoms with Gasteiger partial charge in [-0.15, -0.1) is 0 Å². The molecule has 0 unspecified atom stereocenters. The van der Waals surface area contributed by atoms with Crippen LogP contribution < -0.4 is 5.56 Å². The molecule has 2 fully saturated rings. The lowest BCUT2D eigenvalue weighted by Crippen LogP contribution is -2.53. The van der Waals surface area contributed by atoms with E-state index in [1.165, 1.54) is 10.9 Å². The number of nitrogens with zero attached hydrogens (tertiary/aromatic N) is 7. The van der Waals surface area contributed by atoms with E-state index < -0.39 is 5.60 Å². The third-order valence-electron chi connectivity index (χ3n) is 9.61. The van der Waals surface area contributed by atoms with Crippen molar-refractivity contribution in [1.29, 1.82) is 0 Å². The molecule has 10 heteroatoms. The van der Waals surface area contributed by atoms with Gasteiger partial charge in [0, 0.05) is 62.3 Å². The zero-order chi connectivity index (χ0) is 31.7. The van der Waals surface area contributed by atoms with Crippen molar-refractivity contribution in [1.82, 2.24) is 33.9 Å². The summed E-state index contributed by atoms with van der Waals surface area (Å²) in [6, 6.07) is 21.9. The molecule has 1 amide bonds. The number of aliphatic hydroxyl groups is 1. The van der Waals surface area contributed by atoms with E-state index in [-0.39, 0.29) is 29.8 Å². The molecule has 2 aromatic carbocycles. The maximum atomic E-state index is 14.1. The molecule has 2 aliphatic heterocycles. The first-order chi connectivity index (χ1) is 22.4. The highest BCUT2D eigenvalue weighted by Gasteiger charge is 2.41. The van der Waals surface area contributed by atoms with E-state index in [1.54, 1.807) is 12.3 Å². The van der Waals surface area contributed by atoms with Gasteiger partial charge in [-0.25, -0.2) is 4.98 Å². The second-order valence-corrected chi connectivity index (χ2v) is 12.8. The molecule has 1 N–H and O–H groups in total. The Labute approximate surface area is 268 Å². The van der Waals surface area contributed by atoms with Crippen LogP contribution in [0.5, 0.6) is 0 Å². The fraction of sp³-hybridized carbons (Fsp3) is 0.361. The van der Waals surface area contributed by atoms with Crippen LogP contribution in [0, 0.1) is 12.8 Å². The second-order valence-electron chi connectivity index (χ2n) is 12.8. The molecule has 0 bridgehead atoms. The topological polar surface area (TPSA) is 109 Å². The van der Waals surface area contributed by atoms with Crippen LogP contribution in [0.15, 0.2) is 96.4 Å². The van der Waals surface area contributed by atoms with Crippen molar-refractivity contribution in [2.75, 3.05) is 26.2 Å². The first kappa shape index (κ1) is 30.0. The predicted molar refractivity (Wildman–Crippen MR) is 175 cm³/mol. The van der Waals surface area contributed by atoms with Crippen molar-refractivity contribution >= 4 is 16.9 Å². The number of likely N-dealkylation sites (tertiary alicyclic amines) is 2. The Morgan fingerprint density at radius 2 is 1.72 bits per heavy atom. The van der Waals surface area contributed by atoms with E-state index in [9.17, 15) is 14.7 Å². The van der Waals surface area contributed by atoms with Crippen molar-refractivity contribution in [3.8, 4) is 5.69 Å². The summed E-state index contributed by atoms with van der Waals surface area (Å²) in [5, 5.41) is 12.1. The van der Waals surface area contributed by atoms with Gasteiger partial charge in [-0.3, -0.25) is 29.0 Å². The summed E-state index contributed by atoms with van der Waals surface area (Å²) in [6.45, 7) is 5.25. The molecule has 3 aromatic heterocycles. The highest BCUT2D eigenvalue weighted by atomic mass is 16.3. The van der Waals surface area contributed by atoms with Crippen LogP contribution in [0.25, 0.3) is 16.7 Å². The van der Waals surface area contributed by atoms with E-state index in [0.717, 1.165) is 42.1 Å². The minimum Gasteiger partial charge on any atom is -0.388 e. The Balaban J connectivity index is 1.03. The van der Waals surface area contributed by atoms with Gasteiger partial charge in [0.15, 0.2) is 5.65 Å². The fourth-order valence-electron chi connectivity index (χ4n) is 7.13. The molecule has 0 aliphatic carbocycles. The smallest absolute Gasteiger partial charge is 0.262 e. The summed E-state index contributed by atoms with van der Waals surface area (Å²) < 4.78 is 3.40. The average molecular weight is 618 g/mol. The Morgan fingerprint density at radius 3 is 2.46 bits per heavy atom. The number of benzene rings is 2. The molecule has 5 aromatic rings. The summed E-state index contributed by atoms with van der Waals surface area (Å²) in [4.78, 5) is 45.3. The maximum absolute atomic E-state index is 14.1. The van der Waals surface area contributed by atoms with Gasteiger partial charge in [0.1, 0.15) is 6.33 Å². The third-order valence-corrected chi connectivity index (χ3v) is 9.61. The second kappa shape index (κ2) is 12.6. The number of carbonyl (C=O) groups is 1. The summed E-state index contributed by atoms with van der Waals surface area (Å²) in [5.41, 5.74) is 3.24. The van der Waals surface area contributed by atoms with Gasteiger partial charge in [-0.05, 0) is 56.5 Å². The minimum absolute atomic E-state index is 0.0561. The zero-order valence-corrected chi connectivity index (χ0v) is 26.1. The highest BCUT2D eigenvalue weighted by molar-refractivity contribution is 5.80. The van der Waals surface area contributed by atoms with Crippen molar-refractivity contribution in [2.24, 2.45) is 5.92 Å². The van der Waals surface area contributed by atoms with Crippen LogP contribution in [0.4, 0.5) is 0 Å². The van der Waals surface area contributed by atoms with Gasteiger partial charge in [-0.2, -0.15) is 0 Å². The predicted octanol–water partition coefficient (Wildman–Crippen LogP) is 3.95. The zero-order valence-electron chi connectivity index (χ0n) is 26.1. The van der Waals surface area contributed by atoms with Crippen LogP contribution in [0.2, 0.25) is 0 Å². The molecule has 46 heavy (non-hydrogen) atoms. The first-order valence-corrected chi connectivity index (χ1v) is 16.0. The van der Waals surface area contributed by atoms with Gasteiger partial charge >= 0.3 is 0 Å². The fourth-order valence-corrected chi connectivity index (χ4v) is 7.13. The summed E-state index contributed by atoms with van der Waals surface area (Å²) in [7, 11) is 0.